The number of rotatable bonds is 4. The van der Waals surface area contributed by atoms with Crippen LogP contribution in [-0.4, -0.2) is 28.1 Å². The van der Waals surface area contributed by atoms with E-state index in [1.54, 1.807) is 0 Å². The van der Waals surface area contributed by atoms with Gasteiger partial charge in [-0.1, -0.05) is 0 Å². The predicted octanol–water partition coefficient (Wildman–Crippen LogP) is 2.07. The van der Waals surface area contributed by atoms with Gasteiger partial charge >= 0.3 is 11.9 Å². The fraction of sp³-hybridized carbons (Fsp3) is 0.400. The Hall–Kier alpha value is -2.37. The Labute approximate surface area is 120 Å². The molecule has 21 heavy (non-hydrogen) atoms. The first-order chi connectivity index (χ1) is 9.94. The van der Waals surface area contributed by atoms with Crippen LogP contribution < -0.4 is 5.32 Å². The van der Waals surface area contributed by atoms with E-state index in [-0.39, 0.29) is 28.6 Å². The second kappa shape index (κ2) is 4.87. The van der Waals surface area contributed by atoms with Crippen molar-refractivity contribution >= 4 is 23.5 Å². The molecular formula is C15H15NO5. The second-order valence-electron chi connectivity index (χ2n) is 5.82. The highest BCUT2D eigenvalue weighted by Gasteiger charge is 2.47. The average molecular weight is 289 g/mol. The van der Waals surface area contributed by atoms with Crippen molar-refractivity contribution in [3.05, 3.63) is 29.3 Å². The topological polar surface area (TPSA) is 104 Å². The number of nitrogens with one attached hydrogen (secondary N) is 1. The van der Waals surface area contributed by atoms with Crippen molar-refractivity contribution in [2.45, 2.75) is 19.3 Å². The summed E-state index contributed by atoms with van der Waals surface area (Å²) in [6, 6.07) is 3.63. The maximum Gasteiger partial charge on any atom is 0.335 e. The molecule has 6 heteroatoms. The Bertz CT molecular complexity index is 597. The number of hydrogen-bond acceptors (Lipinski definition) is 3. The molecule has 3 N–H and O–H groups in total. The molecule has 2 aliphatic carbocycles. The van der Waals surface area contributed by atoms with Gasteiger partial charge in [-0.25, -0.2) is 9.59 Å². The molecule has 0 aromatic heterocycles. The monoisotopic (exact) mass is 289 g/mol. The highest BCUT2D eigenvalue weighted by Crippen LogP contribution is 2.54. The van der Waals surface area contributed by atoms with Gasteiger partial charge in [-0.15, -0.1) is 0 Å². The van der Waals surface area contributed by atoms with E-state index in [0.717, 1.165) is 18.9 Å². The minimum Gasteiger partial charge on any atom is -0.478 e. The minimum atomic E-state index is -1.23. The maximum absolute atomic E-state index is 12.1. The van der Waals surface area contributed by atoms with Crippen LogP contribution in [0.1, 0.15) is 40.0 Å². The fourth-order valence-electron chi connectivity index (χ4n) is 3.12. The molecule has 3 rings (SSSR count). The van der Waals surface area contributed by atoms with Crippen LogP contribution in [0.5, 0.6) is 0 Å². The zero-order valence-corrected chi connectivity index (χ0v) is 11.2. The number of carbonyl (C=O) groups is 3. The number of carbonyl (C=O) groups excluding carboxylic acids is 1. The molecule has 0 bridgehead atoms. The van der Waals surface area contributed by atoms with Crippen LogP contribution in [-0.2, 0) is 4.79 Å². The summed E-state index contributed by atoms with van der Waals surface area (Å²) < 4.78 is 0. The van der Waals surface area contributed by atoms with Gasteiger partial charge in [0, 0.05) is 11.6 Å². The second-order valence-corrected chi connectivity index (χ2v) is 5.82. The Morgan fingerprint density at radius 3 is 1.90 bits per heavy atom. The lowest BCUT2D eigenvalue weighted by molar-refractivity contribution is -0.120. The quantitative estimate of drug-likeness (QED) is 0.787. The van der Waals surface area contributed by atoms with Crippen LogP contribution in [0.2, 0.25) is 0 Å². The van der Waals surface area contributed by atoms with Crippen molar-refractivity contribution in [2.75, 3.05) is 5.32 Å². The Morgan fingerprint density at radius 2 is 1.43 bits per heavy atom. The molecule has 2 fully saturated rings. The number of fused-ring (bicyclic) bond motifs is 1. The molecule has 2 atom stereocenters. The number of aromatic carboxylic acids is 2. The normalized spacial score (nSPS) is 26.0. The molecule has 0 radical (unpaired) electrons. The number of amides is 1. The lowest BCUT2D eigenvalue weighted by Crippen LogP contribution is -2.22. The standard InChI is InChI=1S/C15H15NO5/c17-13(9-2-7-1-8(7)3-9)16-12-5-10(14(18)19)4-11(6-12)15(20)21/h4-9H,1-3H2,(H,16,17)(H,18,19)(H,20,21). The summed E-state index contributed by atoms with van der Waals surface area (Å²) in [5.41, 5.74) is -0.0863. The summed E-state index contributed by atoms with van der Waals surface area (Å²) in [7, 11) is 0. The van der Waals surface area contributed by atoms with Gasteiger partial charge in [0.1, 0.15) is 0 Å². The van der Waals surface area contributed by atoms with Gasteiger partial charge in [-0.3, -0.25) is 4.79 Å². The van der Waals surface area contributed by atoms with Gasteiger partial charge in [-0.2, -0.15) is 0 Å². The summed E-state index contributed by atoms with van der Waals surface area (Å²) >= 11 is 0. The molecule has 2 saturated carbocycles. The van der Waals surface area contributed by atoms with Gasteiger partial charge in [-0.05, 0) is 49.3 Å². The van der Waals surface area contributed by atoms with Crippen molar-refractivity contribution in [1.82, 2.24) is 0 Å². The highest BCUT2D eigenvalue weighted by atomic mass is 16.4. The third-order valence-electron chi connectivity index (χ3n) is 4.31. The van der Waals surface area contributed by atoms with E-state index >= 15 is 0 Å². The summed E-state index contributed by atoms with van der Waals surface area (Å²) in [6.07, 6.45) is 2.96. The van der Waals surface area contributed by atoms with Crippen LogP contribution in [0.25, 0.3) is 0 Å². The van der Waals surface area contributed by atoms with E-state index in [1.807, 2.05) is 0 Å². The maximum atomic E-state index is 12.1. The Morgan fingerprint density at radius 1 is 0.905 bits per heavy atom. The molecule has 6 nitrogen and oxygen atoms in total. The largest absolute Gasteiger partial charge is 0.478 e. The first-order valence-electron chi connectivity index (χ1n) is 6.86. The van der Waals surface area contributed by atoms with Crippen LogP contribution in [0.3, 0.4) is 0 Å². The number of hydrogen-bond donors (Lipinski definition) is 3. The lowest BCUT2D eigenvalue weighted by Gasteiger charge is -2.13. The van der Waals surface area contributed by atoms with Gasteiger partial charge in [0.15, 0.2) is 0 Å². The van der Waals surface area contributed by atoms with Crippen LogP contribution in [0.15, 0.2) is 18.2 Å². The summed E-state index contributed by atoms with van der Waals surface area (Å²) in [5.74, 6) is -1.32. The zero-order chi connectivity index (χ0) is 15.1. The summed E-state index contributed by atoms with van der Waals surface area (Å²) in [5, 5.41) is 20.6. The molecule has 1 amide bonds. The molecule has 110 valence electrons. The van der Waals surface area contributed by atoms with E-state index in [0.29, 0.717) is 11.8 Å². The first kappa shape index (κ1) is 13.6. The van der Waals surface area contributed by atoms with Crippen LogP contribution in [0, 0.1) is 17.8 Å². The van der Waals surface area contributed by atoms with Crippen molar-refractivity contribution in [2.24, 2.45) is 17.8 Å². The van der Waals surface area contributed by atoms with Crippen molar-refractivity contribution in [1.29, 1.82) is 0 Å². The molecule has 0 aliphatic heterocycles. The summed E-state index contributed by atoms with van der Waals surface area (Å²) in [6.45, 7) is 0. The molecule has 2 aliphatic rings. The van der Waals surface area contributed by atoms with Crippen LogP contribution >= 0.6 is 0 Å². The van der Waals surface area contributed by atoms with Gasteiger partial charge in [0.2, 0.25) is 5.91 Å². The van der Waals surface area contributed by atoms with Crippen LogP contribution in [0.4, 0.5) is 5.69 Å². The smallest absolute Gasteiger partial charge is 0.335 e. The molecule has 1 aromatic carbocycles. The number of benzene rings is 1. The molecule has 0 heterocycles. The first-order valence-corrected chi connectivity index (χ1v) is 6.86. The van der Waals surface area contributed by atoms with E-state index in [2.05, 4.69) is 5.32 Å². The molecule has 2 unspecified atom stereocenters. The third-order valence-corrected chi connectivity index (χ3v) is 4.31. The van der Waals surface area contributed by atoms with E-state index in [1.165, 1.54) is 18.6 Å². The van der Waals surface area contributed by atoms with E-state index in [4.69, 9.17) is 10.2 Å². The van der Waals surface area contributed by atoms with Crippen molar-refractivity contribution < 1.29 is 24.6 Å². The fourth-order valence-corrected chi connectivity index (χ4v) is 3.12. The highest BCUT2D eigenvalue weighted by molar-refractivity contribution is 5.99. The number of carboxylic acid groups (broad SMARTS) is 2. The predicted molar refractivity (Wildman–Crippen MR) is 73.3 cm³/mol. The zero-order valence-electron chi connectivity index (χ0n) is 11.2. The van der Waals surface area contributed by atoms with Gasteiger partial charge < -0.3 is 15.5 Å². The molecule has 0 saturated heterocycles. The molecule has 1 aromatic rings. The van der Waals surface area contributed by atoms with Gasteiger partial charge in [0.25, 0.3) is 0 Å². The van der Waals surface area contributed by atoms with Crippen molar-refractivity contribution in [3.8, 4) is 0 Å². The van der Waals surface area contributed by atoms with E-state index in [9.17, 15) is 14.4 Å². The average Bonchev–Trinajstić information content (AvgIpc) is 3.04. The number of carboxylic acids is 2. The molecular weight excluding hydrogens is 274 g/mol. The van der Waals surface area contributed by atoms with Crippen molar-refractivity contribution in [3.63, 3.8) is 0 Å². The SMILES string of the molecule is O=C(O)c1cc(NC(=O)C2CC3CC3C2)cc(C(=O)O)c1. The molecule has 0 spiro atoms. The minimum absolute atomic E-state index is 0.0458. The van der Waals surface area contributed by atoms with E-state index < -0.39 is 11.9 Å². The number of anilines is 1. The Kier molecular flexibility index (Phi) is 3.16. The third kappa shape index (κ3) is 2.74. The van der Waals surface area contributed by atoms with Gasteiger partial charge in [0.05, 0.1) is 11.1 Å². The Balaban J connectivity index is 1.78. The lowest BCUT2D eigenvalue weighted by atomic mass is 10.0. The summed E-state index contributed by atoms with van der Waals surface area (Å²) in [4.78, 5) is 34.2.